The molecule has 0 radical (unpaired) electrons. The molecule has 0 rings (SSSR count). The minimum atomic E-state index is -1.05. The first kappa shape index (κ1) is 8.39. The number of rotatable bonds is 3. The lowest BCUT2D eigenvalue weighted by Crippen LogP contribution is -2.32. The quantitative estimate of drug-likeness (QED) is 0.462. The molecule has 4 heteroatoms. The van der Waals surface area contributed by atoms with Crippen molar-refractivity contribution in [2.45, 2.75) is 13.0 Å². The molecule has 0 fully saturated rings. The molecular formula is C5H11NO3. The lowest BCUT2D eigenvalue weighted by atomic mass is 10.1. The van der Waals surface area contributed by atoms with E-state index in [2.05, 4.69) is 0 Å². The van der Waals surface area contributed by atoms with Gasteiger partial charge in [-0.3, -0.25) is 4.79 Å². The maximum Gasteiger partial charge on any atom is 0.310 e. The fourth-order valence-corrected chi connectivity index (χ4v) is 0.504. The van der Waals surface area contributed by atoms with Gasteiger partial charge in [0.1, 0.15) is 0 Å². The Morgan fingerprint density at radius 1 is 1.78 bits per heavy atom. The van der Waals surface area contributed by atoms with E-state index in [9.17, 15) is 4.79 Å². The Hall–Kier alpha value is -0.610. The molecular weight excluding hydrogens is 122 g/mol. The molecule has 0 aromatic rings. The Balaban J connectivity index is 3.83. The zero-order chi connectivity index (χ0) is 7.44. The highest BCUT2D eigenvalue weighted by molar-refractivity contribution is 5.70. The highest BCUT2D eigenvalue weighted by Gasteiger charge is 2.20. The zero-order valence-corrected chi connectivity index (χ0v) is 5.24. The van der Waals surface area contributed by atoms with Crippen LogP contribution in [0.15, 0.2) is 0 Å². The number of carboxylic acid groups (broad SMARTS) is 1. The van der Waals surface area contributed by atoms with E-state index in [4.69, 9.17) is 15.9 Å². The maximum atomic E-state index is 10.1. The Morgan fingerprint density at radius 2 is 2.22 bits per heavy atom. The number of aliphatic hydroxyl groups is 1. The molecule has 0 aromatic heterocycles. The monoisotopic (exact) mass is 133 g/mol. The lowest BCUT2D eigenvalue weighted by molar-refractivity contribution is -0.144. The Labute approximate surface area is 53.3 Å². The van der Waals surface area contributed by atoms with E-state index in [-0.39, 0.29) is 6.54 Å². The summed E-state index contributed by atoms with van der Waals surface area (Å²) in [7, 11) is 0. The fraction of sp³-hybridized carbons (Fsp3) is 0.800. The smallest absolute Gasteiger partial charge is 0.310 e. The molecule has 4 N–H and O–H groups in total. The van der Waals surface area contributed by atoms with Crippen LogP contribution in [-0.4, -0.2) is 28.8 Å². The summed E-state index contributed by atoms with van der Waals surface area (Å²) in [5, 5.41) is 17.0. The zero-order valence-electron chi connectivity index (χ0n) is 5.24. The van der Waals surface area contributed by atoms with Crippen molar-refractivity contribution in [2.24, 2.45) is 11.7 Å². The van der Waals surface area contributed by atoms with Gasteiger partial charge in [0, 0.05) is 6.54 Å². The summed E-state index contributed by atoms with van der Waals surface area (Å²) in [6.07, 6.45) is -0.868. The molecule has 0 aliphatic heterocycles. The summed E-state index contributed by atoms with van der Waals surface area (Å²) >= 11 is 0. The molecule has 0 heterocycles. The summed E-state index contributed by atoms with van der Waals surface area (Å²) in [6, 6.07) is 0. The minimum absolute atomic E-state index is 0.0208. The first-order chi connectivity index (χ1) is 4.09. The number of hydrogen-bond donors (Lipinski definition) is 3. The Morgan fingerprint density at radius 3 is 2.22 bits per heavy atom. The second-order valence-corrected chi connectivity index (χ2v) is 1.92. The molecule has 0 aromatic carbocycles. The second-order valence-electron chi connectivity index (χ2n) is 1.92. The standard InChI is InChI=1S/C5H11NO3/c1-3(7)4(2-6)5(8)9/h3-4,7H,2,6H2,1H3,(H,8,9). The molecule has 9 heavy (non-hydrogen) atoms. The van der Waals surface area contributed by atoms with Crippen molar-refractivity contribution in [3.8, 4) is 0 Å². The minimum Gasteiger partial charge on any atom is -0.481 e. The number of aliphatic hydroxyl groups excluding tert-OH is 1. The highest BCUT2D eigenvalue weighted by atomic mass is 16.4. The average Bonchev–Trinajstić information content (AvgIpc) is 1.64. The number of carboxylic acids is 1. The van der Waals surface area contributed by atoms with E-state index in [1.54, 1.807) is 0 Å². The van der Waals surface area contributed by atoms with Gasteiger partial charge in [-0.1, -0.05) is 0 Å². The van der Waals surface area contributed by atoms with E-state index >= 15 is 0 Å². The van der Waals surface area contributed by atoms with Crippen LogP contribution in [0.4, 0.5) is 0 Å². The Kier molecular flexibility index (Phi) is 3.19. The van der Waals surface area contributed by atoms with Crippen molar-refractivity contribution in [1.29, 1.82) is 0 Å². The fourth-order valence-electron chi connectivity index (χ4n) is 0.504. The van der Waals surface area contributed by atoms with Gasteiger partial charge in [-0.05, 0) is 6.92 Å². The maximum absolute atomic E-state index is 10.1. The van der Waals surface area contributed by atoms with Crippen LogP contribution in [0.2, 0.25) is 0 Å². The lowest BCUT2D eigenvalue weighted by Gasteiger charge is -2.11. The van der Waals surface area contributed by atoms with Crippen LogP contribution in [0.25, 0.3) is 0 Å². The largest absolute Gasteiger partial charge is 0.481 e. The van der Waals surface area contributed by atoms with E-state index < -0.39 is 18.0 Å². The first-order valence-electron chi connectivity index (χ1n) is 2.70. The van der Waals surface area contributed by atoms with Gasteiger partial charge in [0.15, 0.2) is 0 Å². The highest BCUT2D eigenvalue weighted by Crippen LogP contribution is 1.99. The normalized spacial score (nSPS) is 16.8. The number of carbonyl (C=O) groups is 1. The average molecular weight is 133 g/mol. The van der Waals surface area contributed by atoms with Gasteiger partial charge in [-0.2, -0.15) is 0 Å². The van der Waals surface area contributed by atoms with Crippen LogP contribution in [0.3, 0.4) is 0 Å². The van der Waals surface area contributed by atoms with Crippen LogP contribution in [0.1, 0.15) is 6.92 Å². The van der Waals surface area contributed by atoms with E-state index in [0.29, 0.717) is 0 Å². The third-order valence-electron chi connectivity index (χ3n) is 1.15. The van der Waals surface area contributed by atoms with Crippen LogP contribution in [-0.2, 0) is 4.79 Å². The third kappa shape index (κ3) is 2.43. The molecule has 0 aliphatic rings. The number of hydrogen-bond acceptors (Lipinski definition) is 3. The summed E-state index contributed by atoms with van der Waals surface area (Å²) < 4.78 is 0. The van der Waals surface area contributed by atoms with E-state index in [1.807, 2.05) is 0 Å². The molecule has 2 atom stereocenters. The predicted octanol–water partition coefficient (Wildman–Crippen LogP) is -0.973. The number of nitrogens with two attached hydrogens (primary N) is 1. The SMILES string of the molecule is CC(O)C(CN)C(=O)O. The van der Waals surface area contributed by atoms with Gasteiger partial charge in [0.05, 0.1) is 12.0 Å². The second kappa shape index (κ2) is 3.42. The van der Waals surface area contributed by atoms with E-state index in [1.165, 1.54) is 6.92 Å². The summed E-state index contributed by atoms with van der Waals surface area (Å²) in [4.78, 5) is 10.1. The van der Waals surface area contributed by atoms with Gasteiger partial charge < -0.3 is 15.9 Å². The van der Waals surface area contributed by atoms with Crippen LogP contribution < -0.4 is 5.73 Å². The first-order valence-corrected chi connectivity index (χ1v) is 2.70. The van der Waals surface area contributed by atoms with Crippen LogP contribution in [0, 0.1) is 5.92 Å². The summed E-state index contributed by atoms with van der Waals surface area (Å²) in [6.45, 7) is 1.39. The van der Waals surface area contributed by atoms with Crippen molar-refractivity contribution in [3.05, 3.63) is 0 Å². The number of aliphatic carboxylic acids is 1. The van der Waals surface area contributed by atoms with Crippen LogP contribution >= 0.6 is 0 Å². The van der Waals surface area contributed by atoms with Gasteiger partial charge in [-0.25, -0.2) is 0 Å². The molecule has 2 unspecified atom stereocenters. The van der Waals surface area contributed by atoms with E-state index in [0.717, 1.165) is 0 Å². The van der Waals surface area contributed by atoms with Crippen molar-refractivity contribution in [2.75, 3.05) is 6.54 Å². The topological polar surface area (TPSA) is 83.5 Å². The molecule has 0 saturated heterocycles. The van der Waals surface area contributed by atoms with Crippen LogP contribution in [0.5, 0.6) is 0 Å². The van der Waals surface area contributed by atoms with Crippen molar-refractivity contribution >= 4 is 5.97 Å². The molecule has 0 saturated carbocycles. The molecule has 0 spiro atoms. The van der Waals surface area contributed by atoms with Gasteiger partial charge in [0.2, 0.25) is 0 Å². The van der Waals surface area contributed by atoms with Gasteiger partial charge >= 0.3 is 5.97 Å². The molecule has 0 bridgehead atoms. The molecule has 54 valence electrons. The van der Waals surface area contributed by atoms with Crippen molar-refractivity contribution in [1.82, 2.24) is 0 Å². The molecule has 0 amide bonds. The third-order valence-corrected chi connectivity index (χ3v) is 1.15. The predicted molar refractivity (Wildman–Crippen MR) is 31.9 cm³/mol. The molecule has 4 nitrogen and oxygen atoms in total. The van der Waals surface area contributed by atoms with Gasteiger partial charge in [0.25, 0.3) is 0 Å². The summed E-state index contributed by atoms with van der Waals surface area (Å²) in [5.41, 5.74) is 5.03. The van der Waals surface area contributed by atoms with Gasteiger partial charge in [-0.15, -0.1) is 0 Å². The summed E-state index contributed by atoms with van der Waals surface area (Å²) in [5.74, 6) is -1.88. The van der Waals surface area contributed by atoms with Crippen molar-refractivity contribution in [3.63, 3.8) is 0 Å². The Bertz CT molecular complexity index is 102. The molecule has 0 aliphatic carbocycles. The van der Waals surface area contributed by atoms with Crippen molar-refractivity contribution < 1.29 is 15.0 Å².